The van der Waals surface area contributed by atoms with Gasteiger partial charge in [-0.3, -0.25) is 0 Å². The SMILES string of the molecule is CC(CCO)c1cnc(Cl)nc1. The van der Waals surface area contributed by atoms with Crippen molar-refractivity contribution in [2.24, 2.45) is 0 Å². The molecule has 0 fully saturated rings. The van der Waals surface area contributed by atoms with Crippen LogP contribution >= 0.6 is 11.6 Å². The van der Waals surface area contributed by atoms with Gasteiger partial charge in [0.1, 0.15) is 0 Å². The van der Waals surface area contributed by atoms with Crippen molar-refractivity contribution in [2.45, 2.75) is 19.3 Å². The molecule has 0 bridgehead atoms. The number of aromatic nitrogens is 2. The van der Waals surface area contributed by atoms with Crippen LogP contribution in [0.3, 0.4) is 0 Å². The summed E-state index contributed by atoms with van der Waals surface area (Å²) in [6.45, 7) is 2.20. The maximum atomic E-state index is 8.69. The summed E-state index contributed by atoms with van der Waals surface area (Å²) in [4.78, 5) is 7.71. The van der Waals surface area contributed by atoms with Gasteiger partial charge in [-0.1, -0.05) is 6.92 Å². The van der Waals surface area contributed by atoms with Crippen molar-refractivity contribution >= 4 is 11.6 Å². The Morgan fingerprint density at radius 1 is 1.50 bits per heavy atom. The van der Waals surface area contributed by atoms with Crippen molar-refractivity contribution in [1.29, 1.82) is 0 Å². The van der Waals surface area contributed by atoms with Crippen molar-refractivity contribution in [2.75, 3.05) is 6.61 Å². The molecule has 1 heterocycles. The molecule has 1 N–H and O–H groups in total. The minimum atomic E-state index is 0.184. The van der Waals surface area contributed by atoms with Gasteiger partial charge in [0.05, 0.1) is 0 Å². The van der Waals surface area contributed by atoms with Gasteiger partial charge in [-0.2, -0.15) is 0 Å². The zero-order chi connectivity index (χ0) is 8.97. The molecule has 12 heavy (non-hydrogen) atoms. The number of halogens is 1. The summed E-state index contributed by atoms with van der Waals surface area (Å²) in [7, 11) is 0. The van der Waals surface area contributed by atoms with Crippen LogP contribution in [0.15, 0.2) is 12.4 Å². The van der Waals surface area contributed by atoms with Gasteiger partial charge in [-0.25, -0.2) is 9.97 Å². The summed E-state index contributed by atoms with van der Waals surface area (Å²) in [6, 6.07) is 0. The van der Waals surface area contributed by atoms with Crippen molar-refractivity contribution < 1.29 is 5.11 Å². The third-order valence-corrected chi connectivity index (χ3v) is 1.97. The molecule has 1 aromatic rings. The zero-order valence-electron chi connectivity index (χ0n) is 6.87. The number of rotatable bonds is 3. The zero-order valence-corrected chi connectivity index (χ0v) is 7.62. The summed E-state index contributed by atoms with van der Waals surface area (Å²) < 4.78 is 0. The second-order valence-corrected chi connectivity index (χ2v) is 3.04. The number of aliphatic hydroxyl groups is 1. The van der Waals surface area contributed by atoms with E-state index in [1.807, 2.05) is 6.92 Å². The van der Waals surface area contributed by atoms with Crippen molar-refractivity contribution in [1.82, 2.24) is 9.97 Å². The molecule has 0 saturated carbocycles. The van der Waals surface area contributed by atoms with Crippen LogP contribution < -0.4 is 0 Å². The van der Waals surface area contributed by atoms with Gasteiger partial charge in [0.15, 0.2) is 0 Å². The summed E-state index contributed by atoms with van der Waals surface area (Å²) >= 11 is 5.52. The summed E-state index contributed by atoms with van der Waals surface area (Å²) in [6.07, 6.45) is 4.11. The van der Waals surface area contributed by atoms with Crippen molar-refractivity contribution in [3.05, 3.63) is 23.2 Å². The fourth-order valence-electron chi connectivity index (χ4n) is 0.937. The van der Waals surface area contributed by atoms with Crippen LogP contribution in [0.2, 0.25) is 5.28 Å². The quantitative estimate of drug-likeness (QED) is 0.730. The largest absolute Gasteiger partial charge is 0.396 e. The first-order valence-corrected chi connectivity index (χ1v) is 4.20. The highest BCUT2D eigenvalue weighted by Gasteiger charge is 2.04. The minimum absolute atomic E-state index is 0.184. The van der Waals surface area contributed by atoms with Crippen LogP contribution in [0.5, 0.6) is 0 Å². The van der Waals surface area contributed by atoms with Gasteiger partial charge in [0.2, 0.25) is 5.28 Å². The van der Waals surface area contributed by atoms with Gasteiger partial charge < -0.3 is 5.11 Å². The van der Waals surface area contributed by atoms with E-state index in [1.165, 1.54) is 0 Å². The van der Waals surface area contributed by atoms with E-state index in [0.29, 0.717) is 0 Å². The maximum Gasteiger partial charge on any atom is 0.222 e. The van der Waals surface area contributed by atoms with Crippen molar-refractivity contribution in [3.63, 3.8) is 0 Å². The fourth-order valence-corrected chi connectivity index (χ4v) is 1.03. The molecule has 0 aliphatic carbocycles. The predicted molar refractivity (Wildman–Crippen MR) is 47.2 cm³/mol. The van der Waals surface area contributed by atoms with E-state index < -0.39 is 0 Å². The maximum absolute atomic E-state index is 8.69. The van der Waals surface area contributed by atoms with Gasteiger partial charge in [0.25, 0.3) is 0 Å². The Morgan fingerprint density at radius 3 is 2.58 bits per heavy atom. The topological polar surface area (TPSA) is 46.0 Å². The molecule has 0 aliphatic rings. The highest BCUT2D eigenvalue weighted by Crippen LogP contribution is 2.16. The standard InChI is InChI=1S/C8H11ClN2O/c1-6(2-3-12)7-4-10-8(9)11-5-7/h4-6,12H,2-3H2,1H3. The molecule has 0 amide bonds. The fraction of sp³-hybridized carbons (Fsp3) is 0.500. The first kappa shape index (κ1) is 9.42. The number of hydrogen-bond acceptors (Lipinski definition) is 3. The van der Waals surface area contributed by atoms with Gasteiger partial charge >= 0.3 is 0 Å². The van der Waals surface area contributed by atoms with Gasteiger partial charge in [0, 0.05) is 19.0 Å². The molecule has 1 atom stereocenters. The van der Waals surface area contributed by atoms with Crippen LogP contribution in [-0.2, 0) is 0 Å². The molecule has 0 spiro atoms. The molecule has 0 aliphatic heterocycles. The smallest absolute Gasteiger partial charge is 0.222 e. The molecule has 1 aromatic heterocycles. The van der Waals surface area contributed by atoms with E-state index in [0.717, 1.165) is 12.0 Å². The van der Waals surface area contributed by atoms with E-state index in [4.69, 9.17) is 16.7 Å². The third-order valence-electron chi connectivity index (χ3n) is 1.77. The van der Waals surface area contributed by atoms with E-state index in [9.17, 15) is 0 Å². The first-order chi connectivity index (χ1) is 5.74. The third kappa shape index (κ3) is 2.43. The van der Waals surface area contributed by atoms with E-state index in [1.54, 1.807) is 12.4 Å². The van der Waals surface area contributed by atoms with Crippen LogP contribution in [-0.4, -0.2) is 21.7 Å². The molecular weight excluding hydrogens is 176 g/mol. The molecule has 66 valence electrons. The Balaban J connectivity index is 2.68. The monoisotopic (exact) mass is 186 g/mol. The Morgan fingerprint density at radius 2 is 2.08 bits per heavy atom. The molecule has 4 heteroatoms. The lowest BCUT2D eigenvalue weighted by molar-refractivity contribution is 0.278. The minimum Gasteiger partial charge on any atom is -0.396 e. The Kier molecular flexibility index (Phi) is 3.44. The number of nitrogens with zero attached hydrogens (tertiary/aromatic N) is 2. The highest BCUT2D eigenvalue weighted by atomic mass is 35.5. The number of aliphatic hydroxyl groups excluding tert-OH is 1. The molecule has 1 unspecified atom stereocenters. The summed E-state index contributed by atoms with van der Waals surface area (Å²) in [5.41, 5.74) is 1.01. The van der Waals surface area contributed by atoms with Crippen LogP contribution in [0.1, 0.15) is 24.8 Å². The van der Waals surface area contributed by atoms with Crippen molar-refractivity contribution in [3.8, 4) is 0 Å². The molecule has 0 radical (unpaired) electrons. The van der Waals surface area contributed by atoms with E-state index >= 15 is 0 Å². The second-order valence-electron chi connectivity index (χ2n) is 2.70. The Bertz CT molecular complexity index is 237. The predicted octanol–water partition coefficient (Wildman–Crippen LogP) is 1.62. The van der Waals surface area contributed by atoms with E-state index in [-0.39, 0.29) is 17.8 Å². The molecule has 3 nitrogen and oxygen atoms in total. The summed E-state index contributed by atoms with van der Waals surface area (Å²) in [5, 5.41) is 8.94. The average Bonchev–Trinajstić information content (AvgIpc) is 2.06. The van der Waals surface area contributed by atoms with E-state index in [2.05, 4.69) is 9.97 Å². The lowest BCUT2D eigenvalue weighted by Crippen LogP contribution is -1.98. The average molecular weight is 187 g/mol. The lowest BCUT2D eigenvalue weighted by Gasteiger charge is -2.07. The second kappa shape index (κ2) is 4.38. The summed E-state index contributed by atoms with van der Waals surface area (Å²) in [5.74, 6) is 0.285. The molecular formula is C8H11ClN2O. The molecule has 0 saturated heterocycles. The Hall–Kier alpha value is -0.670. The Labute approximate surface area is 76.4 Å². The van der Waals surface area contributed by atoms with Crippen LogP contribution in [0.4, 0.5) is 0 Å². The van der Waals surface area contributed by atoms with Crippen LogP contribution in [0.25, 0.3) is 0 Å². The molecule has 0 aromatic carbocycles. The highest BCUT2D eigenvalue weighted by molar-refractivity contribution is 6.28. The lowest BCUT2D eigenvalue weighted by atomic mass is 10.0. The van der Waals surface area contributed by atoms with Gasteiger partial charge in [-0.05, 0) is 29.5 Å². The number of hydrogen-bond donors (Lipinski definition) is 1. The molecule has 1 rings (SSSR count). The normalized spacial score (nSPS) is 12.9. The van der Waals surface area contributed by atoms with Gasteiger partial charge in [-0.15, -0.1) is 0 Å². The van der Waals surface area contributed by atoms with Crippen LogP contribution in [0, 0.1) is 0 Å². The first-order valence-electron chi connectivity index (χ1n) is 3.82.